The van der Waals surface area contributed by atoms with Crippen LogP contribution >= 0.6 is 0 Å². The average Bonchev–Trinajstić information content (AvgIpc) is 2.74. The van der Waals surface area contributed by atoms with Gasteiger partial charge in [0.2, 0.25) is 0 Å². The molecule has 0 aliphatic heterocycles. The molecule has 29 heavy (non-hydrogen) atoms. The van der Waals surface area contributed by atoms with E-state index >= 15 is 0 Å². The lowest BCUT2D eigenvalue weighted by atomic mass is 10.1. The Labute approximate surface area is 167 Å². The molecule has 1 heterocycles. The largest absolute Gasteiger partial charge is 0.485 e. The number of nitrogens with zero attached hydrogens (tertiary/aromatic N) is 1. The molecule has 1 aromatic heterocycles. The number of pyridine rings is 1. The zero-order valence-corrected chi connectivity index (χ0v) is 15.4. The maximum atomic E-state index is 13.0. The van der Waals surface area contributed by atoms with Crippen LogP contribution in [0.3, 0.4) is 0 Å². The molecule has 0 saturated heterocycles. The van der Waals surface area contributed by atoms with E-state index in [4.69, 9.17) is 4.74 Å². The monoisotopic (exact) mass is 387 g/mol. The molecule has 0 aliphatic carbocycles. The average molecular weight is 387 g/mol. The predicted octanol–water partition coefficient (Wildman–Crippen LogP) is 5.60. The van der Waals surface area contributed by atoms with Crippen LogP contribution in [0.5, 0.6) is 5.75 Å². The molecule has 6 heteroatoms. The second-order valence-electron chi connectivity index (χ2n) is 6.37. The third-order valence-electron chi connectivity index (χ3n) is 4.35. The number of rotatable bonds is 5. The summed E-state index contributed by atoms with van der Waals surface area (Å²) in [6.45, 7) is 0.228. The number of carbonyl (C=O) groups excluding carboxylic acids is 1. The Hall–Kier alpha value is -3.93. The van der Waals surface area contributed by atoms with E-state index in [1.54, 1.807) is 30.5 Å². The fraction of sp³-hybridized carbons (Fsp3) is 0.0435. The number of ether oxygens (including phenoxy) is 1. The maximum absolute atomic E-state index is 13.0. The van der Waals surface area contributed by atoms with Gasteiger partial charge in [-0.1, -0.05) is 48.5 Å². The normalized spacial score (nSPS) is 10.5. The van der Waals surface area contributed by atoms with Crippen LogP contribution in [-0.4, -0.2) is 11.0 Å². The Morgan fingerprint density at radius 1 is 0.897 bits per heavy atom. The van der Waals surface area contributed by atoms with E-state index in [0.29, 0.717) is 17.3 Å². The Morgan fingerprint density at radius 3 is 2.55 bits per heavy atom. The lowest BCUT2D eigenvalue weighted by Gasteiger charge is -2.13. The van der Waals surface area contributed by atoms with Crippen molar-refractivity contribution < 1.29 is 13.9 Å². The molecule has 0 fully saturated rings. The first kappa shape index (κ1) is 18.4. The lowest BCUT2D eigenvalue weighted by Crippen LogP contribution is -2.20. The van der Waals surface area contributed by atoms with Crippen molar-refractivity contribution in [2.24, 2.45) is 0 Å². The van der Waals surface area contributed by atoms with E-state index in [1.165, 1.54) is 12.1 Å². The molecular formula is C23H18FN3O2. The molecule has 4 rings (SSSR count). The minimum Gasteiger partial charge on any atom is -0.485 e. The number of carbonyl (C=O) groups is 1. The number of aromatic nitrogens is 1. The number of anilines is 2. The predicted molar refractivity (Wildman–Crippen MR) is 112 cm³/mol. The number of nitrogens with one attached hydrogen (secondary N) is 2. The van der Waals surface area contributed by atoms with Gasteiger partial charge in [0, 0.05) is 11.6 Å². The van der Waals surface area contributed by atoms with Gasteiger partial charge < -0.3 is 10.1 Å². The summed E-state index contributed by atoms with van der Waals surface area (Å²) in [5.74, 6) is 0.417. The first-order valence-corrected chi connectivity index (χ1v) is 9.07. The number of fused-ring (bicyclic) bond motifs is 1. The maximum Gasteiger partial charge on any atom is 0.324 e. The zero-order valence-electron chi connectivity index (χ0n) is 15.4. The number of halogens is 1. The van der Waals surface area contributed by atoms with Crippen LogP contribution in [0.2, 0.25) is 0 Å². The lowest BCUT2D eigenvalue weighted by molar-refractivity contribution is 0.261. The van der Waals surface area contributed by atoms with E-state index in [1.807, 2.05) is 42.5 Å². The topological polar surface area (TPSA) is 63.2 Å². The minimum absolute atomic E-state index is 0.228. The highest BCUT2D eigenvalue weighted by atomic mass is 19.1. The highest BCUT2D eigenvalue weighted by Crippen LogP contribution is 2.25. The fourth-order valence-corrected chi connectivity index (χ4v) is 2.94. The van der Waals surface area contributed by atoms with Crippen molar-refractivity contribution in [2.75, 3.05) is 10.6 Å². The highest BCUT2D eigenvalue weighted by Gasteiger charge is 2.11. The molecule has 0 unspecified atom stereocenters. The summed E-state index contributed by atoms with van der Waals surface area (Å²) in [7, 11) is 0. The highest BCUT2D eigenvalue weighted by molar-refractivity contribution is 6.06. The van der Waals surface area contributed by atoms with Crippen LogP contribution in [0.15, 0.2) is 85.1 Å². The van der Waals surface area contributed by atoms with Crippen LogP contribution in [-0.2, 0) is 6.61 Å². The van der Waals surface area contributed by atoms with Crippen LogP contribution in [0.4, 0.5) is 20.7 Å². The van der Waals surface area contributed by atoms with Gasteiger partial charge in [-0.3, -0.25) is 5.32 Å². The molecule has 2 amide bonds. The van der Waals surface area contributed by atoms with E-state index in [9.17, 15) is 9.18 Å². The Kier molecular flexibility index (Phi) is 5.33. The number of amides is 2. The molecule has 144 valence electrons. The fourth-order valence-electron chi connectivity index (χ4n) is 2.94. The number of urea groups is 1. The first-order chi connectivity index (χ1) is 14.2. The van der Waals surface area contributed by atoms with Gasteiger partial charge in [0.15, 0.2) is 11.6 Å². The summed E-state index contributed by atoms with van der Waals surface area (Å²) in [5.41, 5.74) is 1.51. The van der Waals surface area contributed by atoms with Crippen LogP contribution in [0.25, 0.3) is 10.8 Å². The molecule has 3 aromatic carbocycles. The van der Waals surface area contributed by atoms with E-state index in [0.717, 1.165) is 16.3 Å². The van der Waals surface area contributed by atoms with Gasteiger partial charge >= 0.3 is 6.03 Å². The molecule has 5 nitrogen and oxygen atoms in total. The minimum atomic E-state index is -0.424. The Bertz CT molecular complexity index is 1140. The van der Waals surface area contributed by atoms with Crippen molar-refractivity contribution in [2.45, 2.75) is 6.61 Å². The van der Waals surface area contributed by atoms with Crippen molar-refractivity contribution in [1.82, 2.24) is 4.98 Å². The number of benzene rings is 3. The van der Waals surface area contributed by atoms with Crippen LogP contribution in [0.1, 0.15) is 5.56 Å². The molecule has 2 N–H and O–H groups in total. The van der Waals surface area contributed by atoms with Gasteiger partial charge in [0.1, 0.15) is 12.4 Å². The third kappa shape index (κ3) is 4.50. The smallest absolute Gasteiger partial charge is 0.324 e. The van der Waals surface area contributed by atoms with E-state index in [-0.39, 0.29) is 12.4 Å². The molecule has 4 aromatic rings. The van der Waals surface area contributed by atoms with Crippen molar-refractivity contribution in [1.29, 1.82) is 0 Å². The standard InChI is InChI=1S/C23H18FN3O2/c24-18-12-10-16(11-13-18)15-29-21-9-4-14-25-22(21)27-23(28)26-20-8-3-6-17-5-1-2-7-19(17)20/h1-14H,15H2,(H2,25,26,27,28). The molecular weight excluding hydrogens is 369 g/mol. The third-order valence-corrected chi connectivity index (χ3v) is 4.35. The van der Waals surface area contributed by atoms with E-state index in [2.05, 4.69) is 15.6 Å². The van der Waals surface area contributed by atoms with Gasteiger partial charge in [-0.2, -0.15) is 0 Å². The van der Waals surface area contributed by atoms with Gasteiger partial charge in [-0.25, -0.2) is 14.2 Å². The second kappa shape index (κ2) is 8.39. The van der Waals surface area contributed by atoms with Crippen molar-refractivity contribution >= 4 is 28.3 Å². The molecule has 0 spiro atoms. The van der Waals surface area contributed by atoms with Crippen molar-refractivity contribution in [3.05, 3.63) is 96.4 Å². The van der Waals surface area contributed by atoms with Gasteiger partial charge in [0.05, 0.1) is 5.69 Å². The quantitative estimate of drug-likeness (QED) is 0.469. The summed E-state index contributed by atoms with van der Waals surface area (Å²) in [4.78, 5) is 16.7. The van der Waals surface area contributed by atoms with Gasteiger partial charge in [-0.05, 0) is 41.3 Å². The molecule has 0 radical (unpaired) electrons. The summed E-state index contributed by atoms with van der Waals surface area (Å²) in [6.07, 6.45) is 1.57. The summed E-state index contributed by atoms with van der Waals surface area (Å²) >= 11 is 0. The van der Waals surface area contributed by atoms with Crippen LogP contribution < -0.4 is 15.4 Å². The van der Waals surface area contributed by atoms with E-state index < -0.39 is 6.03 Å². The molecule has 0 saturated carbocycles. The van der Waals surface area contributed by atoms with Crippen molar-refractivity contribution in [3.8, 4) is 5.75 Å². The summed E-state index contributed by atoms with van der Waals surface area (Å²) in [5, 5.41) is 7.55. The summed E-state index contributed by atoms with van der Waals surface area (Å²) in [6, 6.07) is 22.6. The Morgan fingerprint density at radius 2 is 1.69 bits per heavy atom. The second-order valence-corrected chi connectivity index (χ2v) is 6.37. The zero-order chi connectivity index (χ0) is 20.1. The van der Waals surface area contributed by atoms with Gasteiger partial charge in [0.25, 0.3) is 0 Å². The molecule has 0 atom stereocenters. The van der Waals surface area contributed by atoms with Gasteiger partial charge in [-0.15, -0.1) is 0 Å². The molecule has 0 bridgehead atoms. The first-order valence-electron chi connectivity index (χ1n) is 9.07. The summed E-state index contributed by atoms with van der Waals surface area (Å²) < 4.78 is 18.8. The van der Waals surface area contributed by atoms with Crippen LogP contribution in [0, 0.1) is 5.82 Å². The number of hydrogen-bond acceptors (Lipinski definition) is 3. The van der Waals surface area contributed by atoms with Crippen molar-refractivity contribution in [3.63, 3.8) is 0 Å². The number of hydrogen-bond donors (Lipinski definition) is 2. The Balaban J connectivity index is 1.46. The molecule has 0 aliphatic rings. The SMILES string of the molecule is O=C(Nc1ncccc1OCc1ccc(F)cc1)Nc1cccc2ccccc12.